The maximum absolute atomic E-state index is 14.2. The zero-order valence-corrected chi connectivity index (χ0v) is 21.3. The summed E-state index contributed by atoms with van der Waals surface area (Å²) < 4.78 is 44.2. The van der Waals surface area contributed by atoms with Crippen LogP contribution in [0.3, 0.4) is 0 Å². The van der Waals surface area contributed by atoms with Crippen molar-refractivity contribution in [1.29, 1.82) is 0 Å². The van der Waals surface area contributed by atoms with Gasteiger partial charge in [0.15, 0.2) is 5.03 Å². The monoisotopic (exact) mass is 478 g/mol. The molecule has 1 aliphatic carbocycles. The molecule has 1 amide bonds. The van der Waals surface area contributed by atoms with E-state index in [4.69, 9.17) is 0 Å². The van der Waals surface area contributed by atoms with Crippen LogP contribution in [0.15, 0.2) is 23.2 Å². The third kappa shape index (κ3) is 5.63. The molecule has 1 fully saturated rings. The Kier molecular flexibility index (Phi) is 7.33. The van der Waals surface area contributed by atoms with Gasteiger partial charge >= 0.3 is 0 Å². The lowest BCUT2D eigenvalue weighted by atomic mass is 9.87. The summed E-state index contributed by atoms with van der Waals surface area (Å²) in [6, 6.07) is 4.58. The predicted molar refractivity (Wildman–Crippen MR) is 126 cm³/mol. The number of hydrogen-bond donors (Lipinski definition) is 1. The van der Waals surface area contributed by atoms with E-state index in [1.807, 2.05) is 53.6 Å². The van der Waals surface area contributed by atoms with E-state index in [0.29, 0.717) is 16.7 Å². The number of benzene rings is 1. The summed E-state index contributed by atoms with van der Waals surface area (Å²) in [5.41, 5.74) is 2.91. The minimum absolute atomic E-state index is 0.0121. The largest absolute Gasteiger partial charge is 0.301 e. The summed E-state index contributed by atoms with van der Waals surface area (Å²) in [6.45, 7) is 9.69. The van der Waals surface area contributed by atoms with E-state index in [-0.39, 0.29) is 41.2 Å². The number of halogens is 1. The van der Waals surface area contributed by atoms with Crippen molar-refractivity contribution in [3.05, 3.63) is 46.4 Å². The number of aromatic nitrogens is 2. The first-order valence-electron chi connectivity index (χ1n) is 11.5. The number of amides is 1. The molecule has 1 N–H and O–H groups in total. The molecule has 1 heterocycles. The molecule has 9 heteroatoms. The Morgan fingerprint density at radius 1 is 1.12 bits per heavy atom. The number of carbonyl (C=O) groups excluding carboxylic acids is 1. The molecule has 1 saturated carbocycles. The molecule has 1 aromatic heterocycles. The molecule has 0 aliphatic heterocycles. The highest BCUT2D eigenvalue weighted by Crippen LogP contribution is 2.38. The molecule has 7 nitrogen and oxygen atoms in total. The van der Waals surface area contributed by atoms with E-state index in [0.717, 1.165) is 18.5 Å². The van der Waals surface area contributed by atoms with Gasteiger partial charge in [0.05, 0.1) is 18.2 Å². The van der Waals surface area contributed by atoms with E-state index >= 15 is 0 Å². The van der Waals surface area contributed by atoms with E-state index in [2.05, 4.69) is 9.82 Å². The number of sulfonamides is 1. The summed E-state index contributed by atoms with van der Waals surface area (Å²) in [5, 5.41) is 4.19. The summed E-state index contributed by atoms with van der Waals surface area (Å²) in [4.78, 5) is 14.9. The smallest absolute Gasteiger partial charge is 0.283 e. The number of nitrogens with zero attached hydrogens (tertiary/aromatic N) is 3. The first-order valence-corrected chi connectivity index (χ1v) is 12.9. The van der Waals surface area contributed by atoms with Crippen LogP contribution in [0.1, 0.15) is 93.8 Å². The lowest BCUT2D eigenvalue weighted by molar-refractivity contribution is -0.118. The summed E-state index contributed by atoms with van der Waals surface area (Å²) in [7, 11) is -0.299. The van der Waals surface area contributed by atoms with Gasteiger partial charge in [-0.3, -0.25) is 9.48 Å². The summed E-state index contributed by atoms with van der Waals surface area (Å²) in [5.74, 6) is -1.04. The van der Waals surface area contributed by atoms with Gasteiger partial charge in [0.25, 0.3) is 10.0 Å². The summed E-state index contributed by atoms with van der Waals surface area (Å²) in [6.07, 6.45) is 1.77. The van der Waals surface area contributed by atoms with E-state index in [1.54, 1.807) is 10.7 Å². The van der Waals surface area contributed by atoms with Crippen LogP contribution in [0, 0.1) is 5.82 Å². The highest BCUT2D eigenvalue weighted by molar-refractivity contribution is 7.90. The van der Waals surface area contributed by atoms with Crippen molar-refractivity contribution in [2.45, 2.75) is 82.8 Å². The van der Waals surface area contributed by atoms with E-state index in [9.17, 15) is 17.6 Å². The van der Waals surface area contributed by atoms with Gasteiger partial charge in [0, 0.05) is 12.1 Å². The fourth-order valence-corrected chi connectivity index (χ4v) is 4.97. The molecular weight excluding hydrogens is 443 g/mol. The quantitative estimate of drug-likeness (QED) is 0.582. The van der Waals surface area contributed by atoms with Gasteiger partial charge < -0.3 is 4.90 Å². The topological polar surface area (TPSA) is 84.3 Å². The van der Waals surface area contributed by atoms with E-state index in [1.165, 1.54) is 12.1 Å². The highest BCUT2D eigenvalue weighted by atomic mass is 32.2. The maximum atomic E-state index is 14.2. The predicted octanol–water partition coefficient (Wildman–Crippen LogP) is 4.27. The Labute approximate surface area is 196 Å². The molecule has 182 valence electrons. The SMILES string of the molecule is CC(C)c1cc(F)cc(C(C)C)c1CC(=O)NS(=O)(=O)c1cc(C(C)N(C)C)n(C2CC2)n1. The van der Waals surface area contributed by atoms with Crippen molar-refractivity contribution in [2.24, 2.45) is 0 Å². The van der Waals surface area contributed by atoms with Gasteiger partial charge in [-0.25, -0.2) is 9.11 Å². The first kappa shape index (κ1) is 25.4. The average molecular weight is 479 g/mol. The lowest BCUT2D eigenvalue weighted by Crippen LogP contribution is -2.32. The van der Waals surface area contributed by atoms with Gasteiger partial charge in [0.2, 0.25) is 5.91 Å². The normalized spacial score (nSPS) is 15.5. The Morgan fingerprint density at radius 3 is 2.12 bits per heavy atom. The average Bonchev–Trinajstić information content (AvgIpc) is 3.44. The van der Waals surface area contributed by atoms with Gasteiger partial charge in [-0.05, 0) is 74.5 Å². The van der Waals surface area contributed by atoms with Gasteiger partial charge in [0.1, 0.15) is 5.82 Å². The van der Waals surface area contributed by atoms with Crippen LogP contribution in [0.25, 0.3) is 0 Å². The second-order valence-electron chi connectivity index (χ2n) is 9.80. The molecule has 1 aromatic carbocycles. The molecule has 3 rings (SSSR count). The zero-order chi connectivity index (χ0) is 24.7. The molecule has 1 unspecified atom stereocenters. The minimum atomic E-state index is -4.14. The van der Waals surface area contributed by atoms with Gasteiger partial charge in [-0.2, -0.15) is 13.5 Å². The van der Waals surface area contributed by atoms with Crippen molar-refractivity contribution in [1.82, 2.24) is 19.4 Å². The molecule has 0 saturated heterocycles. The minimum Gasteiger partial charge on any atom is -0.301 e. The van der Waals surface area contributed by atoms with Crippen LogP contribution in [0.5, 0.6) is 0 Å². The molecular formula is C24H35FN4O3S. The first-order chi connectivity index (χ1) is 15.3. The number of carbonyl (C=O) groups is 1. The second kappa shape index (κ2) is 9.54. The van der Waals surface area contributed by atoms with Crippen molar-refractivity contribution >= 4 is 15.9 Å². The highest BCUT2D eigenvalue weighted by Gasteiger charge is 2.32. The Hall–Kier alpha value is -2.26. The van der Waals surface area contributed by atoms with Crippen LogP contribution in [-0.2, 0) is 21.2 Å². The molecule has 1 atom stereocenters. The molecule has 0 bridgehead atoms. The van der Waals surface area contributed by atoms with Crippen LogP contribution >= 0.6 is 0 Å². The van der Waals surface area contributed by atoms with Crippen LogP contribution in [0.2, 0.25) is 0 Å². The fraction of sp³-hybridized carbons (Fsp3) is 0.583. The van der Waals surface area contributed by atoms with Gasteiger partial charge in [-0.15, -0.1) is 0 Å². The van der Waals surface area contributed by atoms with Crippen LogP contribution < -0.4 is 4.72 Å². The molecule has 1 aliphatic rings. The fourth-order valence-electron chi connectivity index (χ4n) is 4.02. The standard InChI is InChI=1S/C24H35FN4O3S/c1-14(2)19-10-17(25)11-20(15(3)4)21(19)12-23(30)27-33(31,32)24-13-22(16(5)28(6)7)29(26-24)18-8-9-18/h10-11,13-16,18H,8-9,12H2,1-7H3,(H,27,30). The van der Waals surface area contributed by atoms with Crippen molar-refractivity contribution < 1.29 is 17.6 Å². The summed E-state index contributed by atoms with van der Waals surface area (Å²) >= 11 is 0. The van der Waals surface area contributed by atoms with E-state index < -0.39 is 15.9 Å². The Balaban J connectivity index is 1.89. The third-order valence-corrected chi connectivity index (χ3v) is 7.47. The molecule has 0 spiro atoms. The zero-order valence-electron chi connectivity index (χ0n) is 20.5. The van der Waals surface area contributed by atoms with Crippen molar-refractivity contribution in [3.63, 3.8) is 0 Å². The Bertz CT molecular complexity index is 1110. The molecule has 33 heavy (non-hydrogen) atoms. The van der Waals surface area contributed by atoms with Crippen LogP contribution in [-0.4, -0.2) is 43.1 Å². The van der Waals surface area contributed by atoms with Crippen molar-refractivity contribution in [3.8, 4) is 0 Å². The molecule has 2 aromatic rings. The Morgan fingerprint density at radius 2 is 1.67 bits per heavy atom. The van der Waals surface area contributed by atoms with Crippen molar-refractivity contribution in [2.75, 3.05) is 14.1 Å². The third-order valence-electron chi connectivity index (χ3n) is 6.23. The maximum Gasteiger partial charge on any atom is 0.283 e. The molecule has 0 radical (unpaired) electrons. The number of rotatable bonds is 9. The number of hydrogen-bond acceptors (Lipinski definition) is 5. The second-order valence-corrected chi connectivity index (χ2v) is 11.4. The lowest BCUT2D eigenvalue weighted by Gasteiger charge is -2.20. The van der Waals surface area contributed by atoms with Crippen LogP contribution in [0.4, 0.5) is 4.39 Å². The number of nitrogens with one attached hydrogen (secondary N) is 1. The van der Waals surface area contributed by atoms with Gasteiger partial charge in [-0.1, -0.05) is 27.7 Å².